The molecule has 0 bridgehead atoms. The summed E-state index contributed by atoms with van der Waals surface area (Å²) < 4.78 is 1.12. The molecule has 0 aliphatic rings. The summed E-state index contributed by atoms with van der Waals surface area (Å²) in [4.78, 5) is 21.3. The van der Waals surface area contributed by atoms with Crippen molar-refractivity contribution in [2.75, 3.05) is 0 Å². The Balaban J connectivity index is 2.53. The summed E-state index contributed by atoms with van der Waals surface area (Å²) in [7, 11) is 0. The van der Waals surface area contributed by atoms with Gasteiger partial charge in [-0.2, -0.15) is 0 Å². The molecule has 94 valence electrons. The Morgan fingerprint density at radius 3 is 2.53 bits per heavy atom. The van der Waals surface area contributed by atoms with Gasteiger partial charge in [-0.3, -0.25) is 9.78 Å². The molecule has 0 spiro atoms. The van der Waals surface area contributed by atoms with Crippen LogP contribution in [0.2, 0.25) is 0 Å². The van der Waals surface area contributed by atoms with E-state index >= 15 is 0 Å². The van der Waals surface area contributed by atoms with Gasteiger partial charge in [-0.05, 0) is 58.7 Å². The molecule has 0 radical (unpaired) electrons. The molecule has 1 aromatic rings. The van der Waals surface area contributed by atoms with Gasteiger partial charge in [0.2, 0.25) is 0 Å². The normalized spacial score (nSPS) is 11.1. The molecule has 0 aliphatic heterocycles. The first-order valence-electron chi connectivity index (χ1n) is 5.41. The smallest absolute Gasteiger partial charge is 0.287 e. The van der Waals surface area contributed by atoms with Crippen LogP contribution in [-0.2, 0) is 9.68 Å². The second-order valence-electron chi connectivity index (χ2n) is 5.19. The van der Waals surface area contributed by atoms with Crippen LogP contribution in [0.5, 0.6) is 5.75 Å². The van der Waals surface area contributed by atoms with E-state index in [1.807, 2.05) is 39.8 Å². The van der Waals surface area contributed by atoms with E-state index in [1.54, 1.807) is 6.07 Å². The highest BCUT2D eigenvalue weighted by Gasteiger charge is 2.18. The van der Waals surface area contributed by atoms with Crippen LogP contribution in [0.3, 0.4) is 0 Å². The third kappa shape index (κ3) is 5.39. The van der Waals surface area contributed by atoms with E-state index in [0.29, 0.717) is 12.2 Å². The van der Waals surface area contributed by atoms with Gasteiger partial charge in [0.1, 0.15) is 0 Å². The minimum Gasteiger partial charge on any atom is -0.287 e. The Kier molecular flexibility index (Phi) is 4.80. The van der Waals surface area contributed by atoms with E-state index in [1.165, 1.54) is 0 Å². The van der Waals surface area contributed by atoms with E-state index in [-0.39, 0.29) is 11.4 Å². The molecule has 17 heavy (non-hydrogen) atoms. The lowest BCUT2D eigenvalue weighted by Crippen LogP contribution is -2.17. The van der Waals surface area contributed by atoms with Gasteiger partial charge in [0.05, 0.1) is 6.42 Å². The summed E-state index contributed by atoms with van der Waals surface area (Å²) in [5.74, 6) is 0.225. The highest BCUT2D eigenvalue weighted by molar-refractivity contribution is 14.1. The summed E-state index contributed by atoms with van der Waals surface area (Å²) in [5.41, 5.74) is 0.849. The van der Waals surface area contributed by atoms with E-state index in [9.17, 15) is 4.79 Å². The molecule has 0 unspecified atom stereocenters. The Morgan fingerprint density at radius 2 is 2.00 bits per heavy atom. The van der Waals surface area contributed by atoms with Crippen molar-refractivity contribution in [3.8, 4) is 5.75 Å². The third-order valence-electron chi connectivity index (χ3n) is 2.04. The van der Waals surface area contributed by atoms with Crippen molar-refractivity contribution < 1.29 is 14.6 Å². The predicted octanol–water partition coefficient (Wildman–Crippen LogP) is 3.87. The van der Waals surface area contributed by atoms with Crippen molar-refractivity contribution >= 4 is 28.6 Å². The predicted molar refractivity (Wildman–Crippen MR) is 74.7 cm³/mol. The van der Waals surface area contributed by atoms with Gasteiger partial charge in [-0.25, -0.2) is 4.79 Å². The third-order valence-corrected chi connectivity index (χ3v) is 2.71. The minimum atomic E-state index is -0.351. The standard InChI is InChI=1S/C13H17IO3/c1-9-7-10(14)5-6-11(9)16-17-12(15)8-13(2,3)4/h5-7H,8H2,1-4H3. The Bertz CT molecular complexity index is 408. The van der Waals surface area contributed by atoms with Gasteiger partial charge in [-0.15, -0.1) is 0 Å². The molecule has 0 saturated carbocycles. The van der Waals surface area contributed by atoms with Crippen LogP contribution in [0, 0.1) is 15.9 Å². The summed E-state index contributed by atoms with van der Waals surface area (Å²) >= 11 is 2.22. The average Bonchev–Trinajstić information content (AvgIpc) is 2.13. The second-order valence-corrected chi connectivity index (χ2v) is 6.43. The van der Waals surface area contributed by atoms with Crippen LogP contribution in [0.4, 0.5) is 0 Å². The Morgan fingerprint density at radius 1 is 1.35 bits per heavy atom. The van der Waals surface area contributed by atoms with Crippen molar-refractivity contribution in [3.63, 3.8) is 0 Å². The molecule has 0 fully saturated rings. The first kappa shape index (κ1) is 14.3. The lowest BCUT2D eigenvalue weighted by Gasteiger charge is -2.16. The van der Waals surface area contributed by atoms with Gasteiger partial charge in [0.25, 0.3) is 0 Å². The average molecular weight is 348 g/mol. The molecule has 0 aliphatic carbocycles. The monoisotopic (exact) mass is 348 g/mol. The topological polar surface area (TPSA) is 35.5 Å². The second kappa shape index (κ2) is 5.71. The number of aryl methyl sites for hydroxylation is 1. The van der Waals surface area contributed by atoms with Crippen LogP contribution in [-0.4, -0.2) is 5.97 Å². The zero-order valence-electron chi connectivity index (χ0n) is 10.5. The van der Waals surface area contributed by atoms with E-state index in [0.717, 1.165) is 9.13 Å². The molecule has 0 N–H and O–H groups in total. The van der Waals surface area contributed by atoms with E-state index < -0.39 is 0 Å². The van der Waals surface area contributed by atoms with E-state index in [4.69, 9.17) is 9.78 Å². The number of benzene rings is 1. The van der Waals surface area contributed by atoms with Crippen LogP contribution in [0.25, 0.3) is 0 Å². The first-order chi connectivity index (χ1) is 7.78. The van der Waals surface area contributed by atoms with Crippen molar-refractivity contribution in [2.45, 2.75) is 34.1 Å². The molecule has 0 saturated heterocycles. The maximum atomic E-state index is 11.5. The van der Waals surface area contributed by atoms with Crippen LogP contribution in [0.15, 0.2) is 18.2 Å². The van der Waals surface area contributed by atoms with Crippen LogP contribution in [0.1, 0.15) is 32.8 Å². The van der Waals surface area contributed by atoms with Crippen molar-refractivity contribution in [1.82, 2.24) is 0 Å². The summed E-state index contributed by atoms with van der Waals surface area (Å²) in [6.45, 7) is 7.84. The van der Waals surface area contributed by atoms with Gasteiger partial charge in [-0.1, -0.05) is 20.8 Å². The largest absolute Gasteiger partial charge is 0.355 e. The summed E-state index contributed by atoms with van der Waals surface area (Å²) in [6.07, 6.45) is 0.330. The number of hydrogen-bond acceptors (Lipinski definition) is 3. The Hall–Kier alpha value is -0.780. The van der Waals surface area contributed by atoms with E-state index in [2.05, 4.69) is 22.6 Å². The quantitative estimate of drug-likeness (QED) is 0.473. The van der Waals surface area contributed by atoms with Gasteiger partial charge in [0, 0.05) is 3.57 Å². The molecule has 0 atom stereocenters. The van der Waals surface area contributed by atoms with Crippen LogP contribution >= 0.6 is 22.6 Å². The Labute approximate surface area is 116 Å². The number of halogens is 1. The zero-order valence-corrected chi connectivity index (χ0v) is 12.7. The molecule has 0 heterocycles. The maximum Gasteiger partial charge on any atom is 0.355 e. The summed E-state index contributed by atoms with van der Waals surface area (Å²) in [5, 5.41) is 0. The fraction of sp³-hybridized carbons (Fsp3) is 0.462. The molecule has 1 rings (SSSR count). The molecule has 0 amide bonds. The SMILES string of the molecule is Cc1cc(I)ccc1OOC(=O)CC(C)(C)C. The fourth-order valence-electron chi connectivity index (χ4n) is 1.26. The lowest BCUT2D eigenvalue weighted by atomic mass is 9.93. The number of rotatable bonds is 3. The van der Waals surface area contributed by atoms with Crippen LogP contribution < -0.4 is 4.89 Å². The maximum absolute atomic E-state index is 11.5. The fourth-order valence-corrected chi connectivity index (χ4v) is 1.91. The molecule has 0 aromatic heterocycles. The molecule has 3 nitrogen and oxygen atoms in total. The molecule has 1 aromatic carbocycles. The highest BCUT2D eigenvalue weighted by Crippen LogP contribution is 2.22. The molecular formula is C13H17IO3. The van der Waals surface area contributed by atoms with Crippen molar-refractivity contribution in [3.05, 3.63) is 27.3 Å². The molecular weight excluding hydrogens is 331 g/mol. The summed E-state index contributed by atoms with van der Waals surface area (Å²) in [6, 6.07) is 5.66. The molecule has 4 heteroatoms. The number of carbonyl (C=O) groups excluding carboxylic acids is 1. The zero-order chi connectivity index (χ0) is 13.1. The highest BCUT2D eigenvalue weighted by atomic mass is 127. The van der Waals surface area contributed by atoms with Gasteiger partial charge >= 0.3 is 5.97 Å². The van der Waals surface area contributed by atoms with Gasteiger partial charge in [0.15, 0.2) is 5.75 Å². The van der Waals surface area contributed by atoms with Crippen molar-refractivity contribution in [2.24, 2.45) is 5.41 Å². The number of hydrogen-bond donors (Lipinski definition) is 0. The first-order valence-corrected chi connectivity index (χ1v) is 6.49. The number of carbonyl (C=O) groups is 1. The lowest BCUT2D eigenvalue weighted by molar-refractivity contribution is -0.215. The minimum absolute atomic E-state index is 0.0957. The van der Waals surface area contributed by atoms with Gasteiger partial charge < -0.3 is 0 Å². The van der Waals surface area contributed by atoms with Crippen molar-refractivity contribution in [1.29, 1.82) is 0 Å².